The molecule has 3 atom stereocenters. The van der Waals surface area contributed by atoms with E-state index >= 15 is 0 Å². The topological polar surface area (TPSA) is 58.8 Å². The van der Waals surface area contributed by atoms with Gasteiger partial charge in [-0.25, -0.2) is 0 Å². The second-order valence-electron chi connectivity index (χ2n) is 6.53. The third-order valence-electron chi connectivity index (χ3n) is 4.51. The van der Waals surface area contributed by atoms with Crippen molar-refractivity contribution in [1.82, 2.24) is 9.80 Å². The van der Waals surface area contributed by atoms with Crippen molar-refractivity contribution in [1.29, 1.82) is 0 Å². The van der Waals surface area contributed by atoms with Crippen LogP contribution >= 0.6 is 12.4 Å². The third kappa shape index (κ3) is 5.40. The quantitative estimate of drug-likeness (QED) is 0.846. The lowest BCUT2D eigenvalue weighted by atomic mass is 9.91. The van der Waals surface area contributed by atoms with E-state index in [9.17, 15) is 4.79 Å². The highest BCUT2D eigenvalue weighted by Gasteiger charge is 2.28. The van der Waals surface area contributed by atoms with Crippen LogP contribution in [-0.2, 0) is 9.53 Å². The van der Waals surface area contributed by atoms with Crippen molar-refractivity contribution in [2.24, 2.45) is 11.7 Å². The minimum Gasteiger partial charge on any atom is -0.372 e. The Bertz CT molecular complexity index is 323. The Hall–Kier alpha value is -0.360. The normalized spacial score (nSPS) is 29.8. The lowest BCUT2D eigenvalue weighted by Crippen LogP contribution is -2.52. The van der Waals surface area contributed by atoms with E-state index in [4.69, 9.17) is 10.5 Å². The van der Waals surface area contributed by atoms with Gasteiger partial charge in [-0.3, -0.25) is 9.69 Å². The molecule has 2 saturated heterocycles. The Morgan fingerprint density at radius 1 is 1.24 bits per heavy atom. The number of rotatable bonds is 3. The van der Waals surface area contributed by atoms with Crippen molar-refractivity contribution in [3.05, 3.63) is 0 Å². The number of likely N-dealkylation sites (tertiary alicyclic amines) is 1. The Morgan fingerprint density at radius 2 is 1.76 bits per heavy atom. The van der Waals surface area contributed by atoms with Crippen LogP contribution in [0.1, 0.15) is 33.6 Å². The van der Waals surface area contributed by atoms with Gasteiger partial charge in [0.15, 0.2) is 0 Å². The monoisotopic (exact) mass is 319 g/mol. The fraction of sp³-hybridized carbons (Fsp3) is 0.933. The zero-order valence-corrected chi connectivity index (χ0v) is 14.3. The Kier molecular flexibility index (Phi) is 7.40. The molecular formula is C15H30ClN3O2. The second-order valence-corrected chi connectivity index (χ2v) is 6.53. The van der Waals surface area contributed by atoms with Crippen molar-refractivity contribution in [2.75, 3.05) is 32.7 Å². The molecule has 2 aliphatic rings. The van der Waals surface area contributed by atoms with Gasteiger partial charge in [0, 0.05) is 19.1 Å². The van der Waals surface area contributed by atoms with Crippen LogP contribution in [0, 0.1) is 5.92 Å². The number of halogens is 1. The van der Waals surface area contributed by atoms with E-state index < -0.39 is 0 Å². The van der Waals surface area contributed by atoms with Crippen LogP contribution in [0.15, 0.2) is 0 Å². The molecule has 21 heavy (non-hydrogen) atoms. The minimum absolute atomic E-state index is 0. The molecule has 2 aliphatic heterocycles. The Balaban J connectivity index is 0.00000220. The predicted octanol–water partition coefficient (Wildman–Crippen LogP) is 1.10. The lowest BCUT2D eigenvalue weighted by molar-refractivity contribution is -0.144. The first-order chi connectivity index (χ1) is 9.45. The third-order valence-corrected chi connectivity index (χ3v) is 4.51. The van der Waals surface area contributed by atoms with Crippen molar-refractivity contribution in [3.63, 3.8) is 0 Å². The fourth-order valence-corrected chi connectivity index (χ4v) is 3.31. The van der Waals surface area contributed by atoms with Crippen LogP contribution in [0.4, 0.5) is 0 Å². The summed E-state index contributed by atoms with van der Waals surface area (Å²) in [6, 6.07) is 0.272. The van der Waals surface area contributed by atoms with E-state index in [1.165, 1.54) is 0 Å². The molecule has 0 aromatic carbocycles. The van der Waals surface area contributed by atoms with Gasteiger partial charge in [-0.1, -0.05) is 0 Å². The molecule has 0 saturated carbocycles. The molecule has 0 aromatic rings. The smallest absolute Gasteiger partial charge is 0.236 e. The number of ether oxygens (including phenoxy) is 1. The highest BCUT2D eigenvalue weighted by molar-refractivity contribution is 5.85. The zero-order valence-electron chi connectivity index (χ0n) is 13.5. The maximum absolute atomic E-state index is 12.4. The van der Waals surface area contributed by atoms with Crippen LogP contribution in [0.3, 0.4) is 0 Å². The van der Waals surface area contributed by atoms with Crippen LogP contribution in [-0.4, -0.2) is 66.7 Å². The highest BCUT2D eigenvalue weighted by atomic mass is 35.5. The summed E-state index contributed by atoms with van der Waals surface area (Å²) >= 11 is 0. The average Bonchev–Trinajstić information content (AvgIpc) is 2.38. The summed E-state index contributed by atoms with van der Waals surface area (Å²) in [7, 11) is 0. The van der Waals surface area contributed by atoms with Gasteiger partial charge >= 0.3 is 0 Å². The van der Waals surface area contributed by atoms with E-state index in [0.29, 0.717) is 12.5 Å². The maximum atomic E-state index is 12.4. The Morgan fingerprint density at radius 3 is 2.24 bits per heavy atom. The number of nitrogens with two attached hydrogens (primary N) is 1. The second kappa shape index (κ2) is 8.32. The molecule has 5 nitrogen and oxygen atoms in total. The SMILES string of the molecule is CC1CN(C(=O)CN2CCC(C(C)N)CC2)CC(C)O1.Cl. The first kappa shape index (κ1) is 18.7. The molecular weight excluding hydrogens is 290 g/mol. The molecule has 2 N–H and O–H groups in total. The maximum Gasteiger partial charge on any atom is 0.236 e. The fourth-order valence-electron chi connectivity index (χ4n) is 3.31. The van der Waals surface area contributed by atoms with E-state index in [1.54, 1.807) is 0 Å². The zero-order chi connectivity index (χ0) is 14.7. The summed E-state index contributed by atoms with van der Waals surface area (Å²) < 4.78 is 5.68. The molecule has 0 aromatic heterocycles. The number of hydrogen-bond donors (Lipinski definition) is 1. The number of carbonyl (C=O) groups is 1. The molecule has 2 heterocycles. The summed E-state index contributed by atoms with van der Waals surface area (Å²) in [5.74, 6) is 0.857. The van der Waals surface area contributed by atoms with Crippen molar-refractivity contribution >= 4 is 18.3 Å². The summed E-state index contributed by atoms with van der Waals surface area (Å²) in [6.07, 6.45) is 2.51. The van der Waals surface area contributed by atoms with Crippen molar-refractivity contribution in [3.8, 4) is 0 Å². The molecule has 0 aliphatic carbocycles. The van der Waals surface area contributed by atoms with Crippen LogP contribution < -0.4 is 5.73 Å². The van der Waals surface area contributed by atoms with Crippen LogP contribution in [0.25, 0.3) is 0 Å². The molecule has 0 bridgehead atoms. The van der Waals surface area contributed by atoms with Gasteiger partial charge < -0.3 is 15.4 Å². The Labute approximate surface area is 134 Å². The van der Waals surface area contributed by atoms with Crippen LogP contribution in [0.5, 0.6) is 0 Å². The van der Waals surface area contributed by atoms with Gasteiger partial charge in [-0.2, -0.15) is 0 Å². The number of piperidine rings is 1. The lowest BCUT2D eigenvalue weighted by Gasteiger charge is -2.38. The number of amides is 1. The molecule has 2 rings (SSSR count). The average molecular weight is 320 g/mol. The summed E-state index contributed by atoms with van der Waals surface area (Å²) in [6.45, 7) is 10.1. The molecule has 3 unspecified atom stereocenters. The molecule has 124 valence electrons. The molecule has 0 spiro atoms. The van der Waals surface area contributed by atoms with Crippen molar-refractivity contribution in [2.45, 2.75) is 51.9 Å². The van der Waals surface area contributed by atoms with Gasteiger partial charge in [-0.15, -0.1) is 12.4 Å². The van der Waals surface area contributed by atoms with E-state index in [-0.39, 0.29) is 36.6 Å². The largest absolute Gasteiger partial charge is 0.372 e. The highest BCUT2D eigenvalue weighted by Crippen LogP contribution is 2.19. The van der Waals surface area contributed by atoms with Crippen LogP contribution in [0.2, 0.25) is 0 Å². The minimum atomic E-state index is 0. The molecule has 2 fully saturated rings. The van der Waals surface area contributed by atoms with Gasteiger partial charge in [0.2, 0.25) is 5.91 Å². The van der Waals surface area contributed by atoms with Gasteiger partial charge in [0.1, 0.15) is 0 Å². The first-order valence-electron chi connectivity index (χ1n) is 7.87. The van der Waals surface area contributed by atoms with Gasteiger partial charge in [0.25, 0.3) is 0 Å². The summed E-state index contributed by atoms with van der Waals surface area (Å²) in [4.78, 5) is 16.6. The van der Waals surface area contributed by atoms with E-state index in [0.717, 1.165) is 39.0 Å². The number of hydrogen-bond acceptors (Lipinski definition) is 4. The molecule has 0 radical (unpaired) electrons. The van der Waals surface area contributed by atoms with Gasteiger partial charge in [-0.05, 0) is 52.6 Å². The number of carbonyl (C=O) groups excluding carboxylic acids is 1. The van der Waals surface area contributed by atoms with E-state index in [2.05, 4.69) is 11.8 Å². The number of nitrogens with zero attached hydrogens (tertiary/aromatic N) is 2. The van der Waals surface area contributed by atoms with E-state index in [1.807, 2.05) is 18.7 Å². The molecule has 6 heteroatoms. The summed E-state index contributed by atoms with van der Waals surface area (Å²) in [5.41, 5.74) is 5.95. The summed E-state index contributed by atoms with van der Waals surface area (Å²) in [5, 5.41) is 0. The van der Waals surface area contributed by atoms with Gasteiger partial charge in [0.05, 0.1) is 18.8 Å². The standard InChI is InChI=1S/C15H29N3O2.ClH/c1-11-8-18(9-12(2)20-11)15(19)10-17-6-4-14(5-7-17)13(3)16;/h11-14H,4-10,16H2,1-3H3;1H. The number of morpholine rings is 1. The predicted molar refractivity (Wildman–Crippen MR) is 86.7 cm³/mol. The van der Waals surface area contributed by atoms with Crippen molar-refractivity contribution < 1.29 is 9.53 Å². The first-order valence-corrected chi connectivity index (χ1v) is 7.87. The molecule has 1 amide bonds.